The highest BCUT2D eigenvalue weighted by molar-refractivity contribution is 8.00. The molecule has 7 heteroatoms. The lowest BCUT2D eigenvalue weighted by molar-refractivity contribution is 0.0527. The summed E-state index contributed by atoms with van der Waals surface area (Å²) in [7, 11) is 1.82. The van der Waals surface area contributed by atoms with Gasteiger partial charge in [0.15, 0.2) is 5.96 Å². The van der Waals surface area contributed by atoms with Crippen molar-refractivity contribution in [2.75, 3.05) is 39.0 Å². The Morgan fingerprint density at radius 1 is 1.30 bits per heavy atom. The van der Waals surface area contributed by atoms with E-state index in [-0.39, 0.29) is 10.8 Å². The molecule has 6 nitrogen and oxygen atoms in total. The van der Waals surface area contributed by atoms with Crippen LogP contribution in [0.5, 0.6) is 0 Å². The zero-order valence-electron chi connectivity index (χ0n) is 15.4. The topological polar surface area (TPSA) is 66.0 Å². The molecule has 134 valence electrons. The number of nitrogens with one attached hydrogen (secondary N) is 2. The molecule has 0 aliphatic carbocycles. The van der Waals surface area contributed by atoms with E-state index in [1.807, 2.05) is 39.6 Å². The fourth-order valence-electron chi connectivity index (χ4n) is 2.32. The van der Waals surface area contributed by atoms with Gasteiger partial charge in [0, 0.05) is 43.7 Å². The van der Waals surface area contributed by atoms with Crippen molar-refractivity contribution in [3.8, 4) is 0 Å². The second kappa shape index (κ2) is 8.66. The zero-order chi connectivity index (χ0) is 17.5. The quantitative estimate of drug-likeness (QED) is 0.465. The molecule has 0 bridgehead atoms. The van der Waals surface area contributed by atoms with Crippen molar-refractivity contribution in [2.45, 2.75) is 51.4 Å². The molecule has 0 radical (unpaired) electrons. The number of hydrogen-bond acceptors (Lipinski definition) is 4. The summed E-state index contributed by atoms with van der Waals surface area (Å²) in [5.74, 6) is 2.06. The maximum Gasteiger partial charge on any atom is 0.407 e. The summed E-state index contributed by atoms with van der Waals surface area (Å²) in [5, 5.41) is 6.14. The molecule has 0 aromatic carbocycles. The largest absolute Gasteiger partial charge is 0.444 e. The van der Waals surface area contributed by atoms with Gasteiger partial charge in [-0.3, -0.25) is 4.99 Å². The van der Waals surface area contributed by atoms with E-state index in [2.05, 4.69) is 34.4 Å². The van der Waals surface area contributed by atoms with Crippen molar-refractivity contribution in [1.29, 1.82) is 0 Å². The molecule has 1 rings (SSSR count). The molecule has 0 aromatic heterocycles. The van der Waals surface area contributed by atoms with Gasteiger partial charge in [0.1, 0.15) is 5.60 Å². The number of rotatable bonds is 4. The highest BCUT2D eigenvalue weighted by atomic mass is 32.2. The zero-order valence-corrected chi connectivity index (χ0v) is 16.2. The Bertz CT molecular complexity index is 419. The van der Waals surface area contributed by atoms with Gasteiger partial charge in [-0.15, -0.1) is 0 Å². The molecule has 0 aromatic rings. The Kier molecular flexibility index (Phi) is 7.51. The van der Waals surface area contributed by atoms with Crippen LogP contribution in [0.15, 0.2) is 4.99 Å². The van der Waals surface area contributed by atoms with Crippen LogP contribution in [0.3, 0.4) is 0 Å². The monoisotopic (exact) mass is 344 g/mol. The van der Waals surface area contributed by atoms with Crippen LogP contribution < -0.4 is 10.6 Å². The number of ether oxygens (including phenoxy) is 1. The van der Waals surface area contributed by atoms with E-state index in [9.17, 15) is 4.79 Å². The first-order chi connectivity index (χ1) is 10.6. The van der Waals surface area contributed by atoms with E-state index in [1.165, 1.54) is 0 Å². The molecule has 1 aliphatic rings. The van der Waals surface area contributed by atoms with Gasteiger partial charge in [0.25, 0.3) is 0 Å². The van der Waals surface area contributed by atoms with Gasteiger partial charge in [0.05, 0.1) is 0 Å². The molecule has 1 amide bonds. The summed E-state index contributed by atoms with van der Waals surface area (Å²) in [6.07, 6.45) is 0.459. The number of carbonyl (C=O) groups excluding carboxylic acids is 1. The number of amides is 1. The summed E-state index contributed by atoms with van der Waals surface area (Å²) < 4.78 is 5.46. The molecule has 1 saturated heterocycles. The molecular weight excluding hydrogens is 312 g/mol. The Morgan fingerprint density at radius 3 is 2.52 bits per heavy atom. The fourth-order valence-corrected chi connectivity index (χ4v) is 3.43. The first-order valence-corrected chi connectivity index (χ1v) is 9.18. The Balaban J connectivity index is 2.25. The molecule has 0 saturated carbocycles. The van der Waals surface area contributed by atoms with Crippen LogP contribution in [0, 0.1) is 0 Å². The van der Waals surface area contributed by atoms with Crippen LogP contribution >= 0.6 is 11.8 Å². The Morgan fingerprint density at radius 2 is 1.96 bits per heavy atom. The predicted molar refractivity (Wildman–Crippen MR) is 98.3 cm³/mol. The van der Waals surface area contributed by atoms with Crippen molar-refractivity contribution in [3.63, 3.8) is 0 Å². The lowest BCUT2D eigenvalue weighted by atomic mass is 10.2. The fraction of sp³-hybridized carbons (Fsp3) is 0.875. The highest BCUT2D eigenvalue weighted by Crippen LogP contribution is 2.29. The Hall–Kier alpha value is -1.11. The second-order valence-corrected chi connectivity index (χ2v) is 9.09. The van der Waals surface area contributed by atoms with Gasteiger partial charge in [-0.05, 0) is 41.0 Å². The minimum Gasteiger partial charge on any atom is -0.444 e. The van der Waals surface area contributed by atoms with Crippen molar-refractivity contribution in [3.05, 3.63) is 0 Å². The normalized spacial score (nSPS) is 18.5. The Labute approximate surface area is 144 Å². The SMILES string of the molecule is CN=C(NCCCNC(=O)OC(C)(C)C)N1CCSC(C)(C)C1. The molecule has 1 fully saturated rings. The summed E-state index contributed by atoms with van der Waals surface area (Å²) in [6.45, 7) is 13.5. The van der Waals surface area contributed by atoms with Gasteiger partial charge in [-0.2, -0.15) is 11.8 Å². The van der Waals surface area contributed by atoms with Gasteiger partial charge in [-0.1, -0.05) is 0 Å². The number of nitrogens with zero attached hydrogens (tertiary/aromatic N) is 2. The van der Waals surface area contributed by atoms with Gasteiger partial charge >= 0.3 is 6.09 Å². The first kappa shape index (κ1) is 19.9. The molecule has 0 spiro atoms. The van der Waals surface area contributed by atoms with E-state index in [0.29, 0.717) is 6.54 Å². The number of aliphatic imine (C=N–C) groups is 1. The maximum atomic E-state index is 11.5. The van der Waals surface area contributed by atoms with Crippen molar-refractivity contribution < 1.29 is 9.53 Å². The average molecular weight is 345 g/mol. The van der Waals surface area contributed by atoms with Crippen molar-refractivity contribution in [2.24, 2.45) is 4.99 Å². The predicted octanol–water partition coefficient (Wildman–Crippen LogP) is 2.30. The van der Waals surface area contributed by atoms with E-state index < -0.39 is 5.60 Å². The molecular formula is C16H32N4O2S. The summed E-state index contributed by atoms with van der Waals surface area (Å²) in [6, 6.07) is 0. The van der Waals surface area contributed by atoms with Crippen LogP contribution in [0.25, 0.3) is 0 Å². The number of thioether (sulfide) groups is 1. The van der Waals surface area contributed by atoms with Gasteiger partial charge < -0.3 is 20.3 Å². The lowest BCUT2D eigenvalue weighted by Gasteiger charge is -2.39. The van der Waals surface area contributed by atoms with Gasteiger partial charge in [-0.25, -0.2) is 4.79 Å². The van der Waals surface area contributed by atoms with E-state index in [0.717, 1.165) is 37.8 Å². The van der Waals surface area contributed by atoms with Gasteiger partial charge in [0.2, 0.25) is 0 Å². The molecule has 1 aliphatic heterocycles. The van der Waals surface area contributed by atoms with Crippen LogP contribution in [0.2, 0.25) is 0 Å². The molecule has 2 N–H and O–H groups in total. The average Bonchev–Trinajstić information content (AvgIpc) is 2.39. The second-order valence-electron chi connectivity index (χ2n) is 7.29. The van der Waals surface area contributed by atoms with Crippen LogP contribution in [0.4, 0.5) is 4.79 Å². The summed E-state index contributed by atoms with van der Waals surface area (Å²) >= 11 is 2.01. The number of hydrogen-bond donors (Lipinski definition) is 2. The molecule has 23 heavy (non-hydrogen) atoms. The van der Waals surface area contributed by atoms with Crippen LogP contribution in [-0.2, 0) is 4.74 Å². The third kappa shape index (κ3) is 8.34. The van der Waals surface area contributed by atoms with Crippen LogP contribution in [0.1, 0.15) is 41.0 Å². The number of alkyl carbamates (subject to hydrolysis) is 1. The molecule has 0 atom stereocenters. The number of guanidine groups is 1. The minimum absolute atomic E-state index is 0.258. The van der Waals surface area contributed by atoms with E-state index in [1.54, 1.807) is 0 Å². The third-order valence-corrected chi connectivity index (χ3v) is 4.54. The van der Waals surface area contributed by atoms with Crippen molar-refractivity contribution >= 4 is 23.8 Å². The van der Waals surface area contributed by atoms with Crippen LogP contribution in [-0.4, -0.2) is 66.3 Å². The standard InChI is InChI=1S/C16H32N4O2S/c1-15(2,3)22-14(21)19-9-7-8-18-13(17-6)20-10-11-23-16(4,5)12-20/h7-12H2,1-6H3,(H,17,18)(H,19,21). The molecule has 1 heterocycles. The maximum absolute atomic E-state index is 11.5. The van der Waals surface area contributed by atoms with E-state index in [4.69, 9.17) is 4.74 Å². The van der Waals surface area contributed by atoms with E-state index >= 15 is 0 Å². The summed E-state index contributed by atoms with van der Waals surface area (Å²) in [4.78, 5) is 18.2. The lowest BCUT2D eigenvalue weighted by Crippen LogP contribution is -2.51. The third-order valence-electron chi connectivity index (χ3n) is 3.24. The minimum atomic E-state index is -0.455. The smallest absolute Gasteiger partial charge is 0.407 e. The summed E-state index contributed by atoms with van der Waals surface area (Å²) in [5.41, 5.74) is -0.455. The van der Waals surface area contributed by atoms with Crippen molar-refractivity contribution in [1.82, 2.24) is 15.5 Å². The highest BCUT2D eigenvalue weighted by Gasteiger charge is 2.28. The first-order valence-electron chi connectivity index (χ1n) is 8.19. The number of carbonyl (C=O) groups is 1. The molecule has 0 unspecified atom stereocenters.